The standard InChI is InChI=1S/C14H19FN2O/c1-2-16-14(18)10-17-9-3-4-13(17)11-5-7-12(15)8-6-11/h5-8,13H,2-4,9-10H2,1H3,(H,16,18). The lowest BCUT2D eigenvalue weighted by Gasteiger charge is -2.24. The molecule has 0 bridgehead atoms. The van der Waals surface area contributed by atoms with Crippen LogP contribution in [0, 0.1) is 5.82 Å². The molecule has 1 aromatic rings. The van der Waals surface area contributed by atoms with E-state index < -0.39 is 0 Å². The topological polar surface area (TPSA) is 32.3 Å². The average Bonchev–Trinajstić information content (AvgIpc) is 2.78. The van der Waals surface area contributed by atoms with Crippen LogP contribution in [0.3, 0.4) is 0 Å². The number of rotatable bonds is 4. The molecule has 0 aromatic heterocycles. The number of carbonyl (C=O) groups is 1. The van der Waals surface area contributed by atoms with E-state index in [0.717, 1.165) is 24.9 Å². The van der Waals surface area contributed by atoms with Crippen molar-refractivity contribution < 1.29 is 9.18 Å². The van der Waals surface area contributed by atoms with E-state index in [4.69, 9.17) is 0 Å². The molecule has 1 fully saturated rings. The Morgan fingerprint density at radius 1 is 1.44 bits per heavy atom. The SMILES string of the molecule is CCNC(=O)CN1CCCC1c1ccc(F)cc1. The van der Waals surface area contributed by atoms with Gasteiger partial charge in [-0.05, 0) is 44.0 Å². The quantitative estimate of drug-likeness (QED) is 0.887. The van der Waals surface area contributed by atoms with Gasteiger partial charge >= 0.3 is 0 Å². The third kappa shape index (κ3) is 3.07. The zero-order valence-electron chi connectivity index (χ0n) is 10.7. The molecule has 1 atom stereocenters. The molecule has 0 saturated carbocycles. The summed E-state index contributed by atoms with van der Waals surface area (Å²) >= 11 is 0. The normalized spacial score (nSPS) is 20.0. The molecule has 1 aromatic carbocycles. The summed E-state index contributed by atoms with van der Waals surface area (Å²) < 4.78 is 12.9. The van der Waals surface area contributed by atoms with Crippen LogP contribution in [-0.2, 0) is 4.79 Å². The van der Waals surface area contributed by atoms with Crippen LogP contribution in [0.4, 0.5) is 4.39 Å². The van der Waals surface area contributed by atoms with Gasteiger partial charge in [0.2, 0.25) is 5.91 Å². The molecule has 1 unspecified atom stereocenters. The van der Waals surface area contributed by atoms with E-state index in [1.807, 2.05) is 19.1 Å². The maximum absolute atomic E-state index is 12.9. The van der Waals surface area contributed by atoms with Crippen LogP contribution in [0.5, 0.6) is 0 Å². The smallest absolute Gasteiger partial charge is 0.234 e. The van der Waals surface area contributed by atoms with Crippen LogP contribution in [0.15, 0.2) is 24.3 Å². The van der Waals surface area contributed by atoms with E-state index in [0.29, 0.717) is 13.1 Å². The first-order valence-electron chi connectivity index (χ1n) is 6.47. The Morgan fingerprint density at radius 3 is 2.83 bits per heavy atom. The minimum Gasteiger partial charge on any atom is -0.355 e. The predicted molar refractivity (Wildman–Crippen MR) is 68.6 cm³/mol. The van der Waals surface area contributed by atoms with Gasteiger partial charge in [-0.25, -0.2) is 4.39 Å². The fourth-order valence-corrected chi connectivity index (χ4v) is 2.52. The van der Waals surface area contributed by atoms with Crippen molar-refractivity contribution in [3.8, 4) is 0 Å². The number of likely N-dealkylation sites (N-methyl/N-ethyl adjacent to an activating group) is 1. The summed E-state index contributed by atoms with van der Waals surface area (Å²) in [5, 5.41) is 2.81. The Morgan fingerprint density at radius 2 is 2.17 bits per heavy atom. The Bertz CT molecular complexity index is 405. The highest BCUT2D eigenvalue weighted by Crippen LogP contribution is 2.31. The fourth-order valence-electron chi connectivity index (χ4n) is 2.52. The van der Waals surface area contributed by atoms with Crippen molar-refractivity contribution in [1.82, 2.24) is 10.2 Å². The zero-order chi connectivity index (χ0) is 13.0. The second kappa shape index (κ2) is 5.96. The van der Waals surface area contributed by atoms with Crippen LogP contribution in [0.1, 0.15) is 31.4 Å². The number of nitrogens with one attached hydrogen (secondary N) is 1. The fraction of sp³-hybridized carbons (Fsp3) is 0.500. The molecule has 0 spiro atoms. The van der Waals surface area contributed by atoms with Gasteiger partial charge in [0.15, 0.2) is 0 Å². The van der Waals surface area contributed by atoms with Crippen molar-refractivity contribution in [2.75, 3.05) is 19.6 Å². The van der Waals surface area contributed by atoms with Gasteiger partial charge in [-0.2, -0.15) is 0 Å². The summed E-state index contributed by atoms with van der Waals surface area (Å²) in [4.78, 5) is 13.8. The summed E-state index contributed by atoms with van der Waals surface area (Å²) in [6.45, 7) is 3.93. The monoisotopic (exact) mass is 250 g/mol. The minimum atomic E-state index is -0.216. The number of amides is 1. The van der Waals surface area contributed by atoms with Crippen molar-refractivity contribution >= 4 is 5.91 Å². The van der Waals surface area contributed by atoms with Gasteiger partial charge in [-0.15, -0.1) is 0 Å². The summed E-state index contributed by atoms with van der Waals surface area (Å²) in [6.07, 6.45) is 2.12. The lowest BCUT2D eigenvalue weighted by molar-refractivity contribution is -0.122. The van der Waals surface area contributed by atoms with Crippen molar-refractivity contribution in [3.05, 3.63) is 35.6 Å². The first-order valence-corrected chi connectivity index (χ1v) is 6.47. The van der Waals surface area contributed by atoms with Crippen LogP contribution in [-0.4, -0.2) is 30.4 Å². The molecular weight excluding hydrogens is 231 g/mol. The zero-order valence-corrected chi connectivity index (χ0v) is 10.7. The maximum Gasteiger partial charge on any atom is 0.234 e. The van der Waals surface area contributed by atoms with Gasteiger partial charge in [-0.1, -0.05) is 12.1 Å². The highest BCUT2D eigenvalue weighted by Gasteiger charge is 2.27. The highest BCUT2D eigenvalue weighted by atomic mass is 19.1. The predicted octanol–water partition coefficient (Wildman–Crippen LogP) is 2.10. The number of likely N-dealkylation sites (tertiary alicyclic amines) is 1. The highest BCUT2D eigenvalue weighted by molar-refractivity contribution is 5.78. The Balaban J connectivity index is 2.03. The molecule has 1 heterocycles. The third-order valence-electron chi connectivity index (χ3n) is 3.34. The number of benzene rings is 1. The number of hydrogen-bond donors (Lipinski definition) is 1. The average molecular weight is 250 g/mol. The van der Waals surface area contributed by atoms with Crippen LogP contribution < -0.4 is 5.32 Å². The van der Waals surface area contributed by atoms with E-state index >= 15 is 0 Å². The lowest BCUT2D eigenvalue weighted by atomic mass is 10.0. The molecule has 4 heteroatoms. The van der Waals surface area contributed by atoms with Gasteiger partial charge < -0.3 is 5.32 Å². The van der Waals surface area contributed by atoms with Crippen molar-refractivity contribution in [2.24, 2.45) is 0 Å². The summed E-state index contributed by atoms with van der Waals surface area (Å²) in [5.41, 5.74) is 1.10. The molecule has 98 valence electrons. The Hall–Kier alpha value is -1.42. The summed E-state index contributed by atoms with van der Waals surface area (Å²) in [6, 6.07) is 6.84. The largest absolute Gasteiger partial charge is 0.355 e. The van der Waals surface area contributed by atoms with E-state index in [-0.39, 0.29) is 17.8 Å². The molecule has 0 radical (unpaired) electrons. The van der Waals surface area contributed by atoms with Crippen molar-refractivity contribution in [2.45, 2.75) is 25.8 Å². The Kier molecular flexibility index (Phi) is 4.31. The summed E-state index contributed by atoms with van der Waals surface area (Å²) in [5.74, 6) is -0.154. The van der Waals surface area contributed by atoms with Crippen molar-refractivity contribution in [1.29, 1.82) is 0 Å². The number of halogens is 1. The van der Waals surface area contributed by atoms with Gasteiger partial charge in [0, 0.05) is 12.6 Å². The van der Waals surface area contributed by atoms with Crippen molar-refractivity contribution in [3.63, 3.8) is 0 Å². The van der Waals surface area contributed by atoms with Crippen LogP contribution >= 0.6 is 0 Å². The molecule has 18 heavy (non-hydrogen) atoms. The first-order chi connectivity index (χ1) is 8.70. The van der Waals surface area contributed by atoms with E-state index in [9.17, 15) is 9.18 Å². The summed E-state index contributed by atoms with van der Waals surface area (Å²) in [7, 11) is 0. The molecule has 2 rings (SSSR count). The second-order valence-corrected chi connectivity index (χ2v) is 4.63. The number of nitrogens with zero attached hydrogens (tertiary/aromatic N) is 1. The van der Waals surface area contributed by atoms with E-state index in [1.165, 1.54) is 12.1 Å². The van der Waals surface area contributed by atoms with E-state index in [1.54, 1.807) is 0 Å². The molecule has 1 saturated heterocycles. The van der Waals surface area contributed by atoms with E-state index in [2.05, 4.69) is 10.2 Å². The molecule has 0 aliphatic carbocycles. The van der Waals surface area contributed by atoms with Gasteiger partial charge in [-0.3, -0.25) is 9.69 Å². The number of hydrogen-bond acceptors (Lipinski definition) is 2. The van der Waals surface area contributed by atoms with Gasteiger partial charge in [0.25, 0.3) is 0 Å². The molecular formula is C14H19FN2O. The number of carbonyl (C=O) groups excluding carboxylic acids is 1. The van der Waals surface area contributed by atoms with Gasteiger partial charge in [0.1, 0.15) is 5.82 Å². The van der Waals surface area contributed by atoms with Crippen LogP contribution in [0.2, 0.25) is 0 Å². The maximum atomic E-state index is 12.9. The minimum absolute atomic E-state index is 0.0616. The lowest BCUT2D eigenvalue weighted by Crippen LogP contribution is -2.36. The van der Waals surface area contributed by atoms with Gasteiger partial charge in [0.05, 0.1) is 6.54 Å². The molecule has 1 aliphatic heterocycles. The molecule has 3 nitrogen and oxygen atoms in total. The molecule has 1 N–H and O–H groups in total. The first kappa shape index (κ1) is 13.0. The van der Waals surface area contributed by atoms with Crippen LogP contribution in [0.25, 0.3) is 0 Å². The third-order valence-corrected chi connectivity index (χ3v) is 3.34. The Labute approximate surface area is 107 Å². The second-order valence-electron chi connectivity index (χ2n) is 4.63. The molecule has 1 amide bonds. The molecule has 1 aliphatic rings.